The van der Waals surface area contributed by atoms with Crippen molar-refractivity contribution >= 4 is 39.0 Å². The van der Waals surface area contributed by atoms with Gasteiger partial charge in [0.05, 0.1) is 26.3 Å². The molecule has 0 fully saturated rings. The van der Waals surface area contributed by atoms with Crippen LogP contribution in [0.1, 0.15) is 15.9 Å². The van der Waals surface area contributed by atoms with Gasteiger partial charge in [0, 0.05) is 0 Å². The number of hydrogen-bond acceptors (Lipinski definition) is 3. The number of rotatable bonds is 4. The van der Waals surface area contributed by atoms with Gasteiger partial charge < -0.3 is 5.11 Å². The van der Waals surface area contributed by atoms with E-state index in [0.29, 0.717) is 5.56 Å². The van der Waals surface area contributed by atoms with Crippen molar-refractivity contribution in [2.75, 3.05) is 0 Å². The molecule has 0 spiro atoms. The molecule has 2 aromatic rings. The van der Waals surface area contributed by atoms with Crippen LogP contribution in [0, 0.1) is 0 Å². The van der Waals surface area contributed by atoms with Crippen molar-refractivity contribution < 1.29 is 18.3 Å². The third-order valence-corrected chi connectivity index (χ3v) is 5.21. The van der Waals surface area contributed by atoms with Crippen LogP contribution in [0.4, 0.5) is 0 Å². The Balaban J connectivity index is 2.35. The van der Waals surface area contributed by atoms with Crippen molar-refractivity contribution in [3.63, 3.8) is 0 Å². The van der Waals surface area contributed by atoms with Gasteiger partial charge in [-0.15, -0.1) is 0 Å². The zero-order chi connectivity index (χ0) is 15.6. The molecule has 0 radical (unpaired) electrons. The lowest BCUT2D eigenvalue weighted by Crippen LogP contribution is -2.06. The van der Waals surface area contributed by atoms with Crippen LogP contribution in [0.5, 0.6) is 0 Å². The normalized spacial score (nSPS) is 11.3. The molecule has 0 heterocycles. The first-order valence-corrected chi connectivity index (χ1v) is 8.20. The Hall–Kier alpha value is -1.56. The van der Waals surface area contributed by atoms with Crippen molar-refractivity contribution in [1.29, 1.82) is 0 Å². The summed E-state index contributed by atoms with van der Waals surface area (Å²) in [7, 11) is -3.63. The Morgan fingerprint density at radius 1 is 1.05 bits per heavy atom. The van der Waals surface area contributed by atoms with E-state index in [1.165, 1.54) is 36.4 Å². The van der Waals surface area contributed by atoms with Crippen LogP contribution in [0.2, 0.25) is 10.0 Å². The van der Waals surface area contributed by atoms with Crippen LogP contribution in [-0.2, 0) is 15.6 Å². The third kappa shape index (κ3) is 3.75. The molecule has 0 bridgehead atoms. The number of halogens is 2. The van der Waals surface area contributed by atoms with Crippen molar-refractivity contribution in [3.8, 4) is 0 Å². The molecule has 1 N–H and O–H groups in total. The quantitative estimate of drug-likeness (QED) is 0.918. The minimum atomic E-state index is -3.63. The summed E-state index contributed by atoms with van der Waals surface area (Å²) in [5.41, 5.74) is 0.429. The smallest absolute Gasteiger partial charge is 0.335 e. The monoisotopic (exact) mass is 344 g/mol. The van der Waals surface area contributed by atoms with Gasteiger partial charge in [0.1, 0.15) is 0 Å². The predicted octanol–water partition coefficient (Wildman–Crippen LogP) is 3.67. The molecule has 0 aromatic heterocycles. The molecule has 21 heavy (non-hydrogen) atoms. The lowest BCUT2D eigenvalue weighted by molar-refractivity contribution is 0.0696. The Kier molecular flexibility index (Phi) is 4.56. The average molecular weight is 345 g/mol. The fourth-order valence-corrected chi connectivity index (χ4v) is 3.49. The summed E-state index contributed by atoms with van der Waals surface area (Å²) in [6, 6.07) is 9.84. The molecule has 2 aromatic carbocycles. The first-order chi connectivity index (χ1) is 9.79. The summed E-state index contributed by atoms with van der Waals surface area (Å²) in [5, 5.41) is 9.33. The second-order valence-corrected chi connectivity index (χ2v) is 7.14. The Bertz CT molecular complexity index is 800. The average Bonchev–Trinajstić information content (AvgIpc) is 2.41. The summed E-state index contributed by atoms with van der Waals surface area (Å²) < 4.78 is 24.6. The molecule has 2 rings (SSSR count). The summed E-state index contributed by atoms with van der Waals surface area (Å²) in [5.74, 6) is -1.42. The van der Waals surface area contributed by atoms with Crippen LogP contribution in [0.25, 0.3) is 0 Å². The molecule has 4 nitrogen and oxygen atoms in total. The van der Waals surface area contributed by atoms with Gasteiger partial charge in [-0.2, -0.15) is 0 Å². The lowest BCUT2D eigenvalue weighted by atomic mass is 10.1. The van der Waals surface area contributed by atoms with E-state index in [-0.39, 0.29) is 26.3 Å². The van der Waals surface area contributed by atoms with Gasteiger partial charge in [-0.1, -0.05) is 35.3 Å². The zero-order valence-electron chi connectivity index (χ0n) is 10.6. The van der Waals surface area contributed by atoms with Gasteiger partial charge in [0.2, 0.25) is 0 Å². The summed E-state index contributed by atoms with van der Waals surface area (Å²) >= 11 is 11.6. The van der Waals surface area contributed by atoms with Gasteiger partial charge in [0.25, 0.3) is 0 Å². The molecular weight excluding hydrogens is 335 g/mol. The number of sulfone groups is 1. The van der Waals surface area contributed by atoms with E-state index in [9.17, 15) is 13.2 Å². The van der Waals surface area contributed by atoms with Crippen molar-refractivity contribution in [2.24, 2.45) is 0 Å². The van der Waals surface area contributed by atoms with Gasteiger partial charge in [-0.05, 0) is 35.9 Å². The molecule has 0 atom stereocenters. The van der Waals surface area contributed by atoms with Gasteiger partial charge in [-0.25, -0.2) is 13.2 Å². The number of hydrogen-bond donors (Lipinski definition) is 1. The van der Waals surface area contributed by atoms with Crippen LogP contribution < -0.4 is 0 Å². The first kappa shape index (κ1) is 15.8. The number of carbonyl (C=O) groups is 1. The second kappa shape index (κ2) is 6.05. The highest BCUT2D eigenvalue weighted by atomic mass is 35.5. The Morgan fingerprint density at radius 2 is 1.76 bits per heavy atom. The molecule has 0 aliphatic heterocycles. The van der Waals surface area contributed by atoms with Crippen molar-refractivity contribution in [3.05, 3.63) is 63.6 Å². The standard InChI is InChI=1S/C14H10Cl2O4S/c15-12-5-4-11(7-13(12)16)21(19,20)8-9-2-1-3-10(6-9)14(17)18/h1-7H,8H2,(H,17,18). The van der Waals surface area contributed by atoms with E-state index in [0.717, 1.165) is 0 Å². The molecule has 0 amide bonds. The van der Waals surface area contributed by atoms with E-state index >= 15 is 0 Å². The molecule has 0 unspecified atom stereocenters. The first-order valence-electron chi connectivity index (χ1n) is 5.79. The minimum Gasteiger partial charge on any atom is -0.478 e. The highest BCUT2D eigenvalue weighted by Gasteiger charge is 2.17. The van der Waals surface area contributed by atoms with Gasteiger partial charge >= 0.3 is 5.97 Å². The highest BCUT2D eigenvalue weighted by molar-refractivity contribution is 7.90. The van der Waals surface area contributed by atoms with Gasteiger partial charge in [-0.3, -0.25) is 0 Å². The third-order valence-electron chi connectivity index (χ3n) is 2.78. The zero-order valence-corrected chi connectivity index (χ0v) is 12.9. The molecule has 0 aliphatic carbocycles. The van der Waals surface area contributed by atoms with Crippen LogP contribution >= 0.6 is 23.2 Å². The number of benzene rings is 2. The van der Waals surface area contributed by atoms with Crippen LogP contribution in [-0.4, -0.2) is 19.5 Å². The summed E-state index contributed by atoms with van der Waals surface area (Å²) in [6.07, 6.45) is 0. The molecule has 110 valence electrons. The highest BCUT2D eigenvalue weighted by Crippen LogP contribution is 2.26. The molecular formula is C14H10Cl2O4S. The molecule has 0 saturated carbocycles. The number of aromatic carboxylic acids is 1. The van der Waals surface area contributed by atoms with Crippen molar-refractivity contribution in [1.82, 2.24) is 0 Å². The fraction of sp³-hybridized carbons (Fsp3) is 0.0714. The molecule has 7 heteroatoms. The summed E-state index contributed by atoms with van der Waals surface area (Å²) in [4.78, 5) is 10.9. The largest absolute Gasteiger partial charge is 0.478 e. The van der Waals surface area contributed by atoms with Gasteiger partial charge in [0.15, 0.2) is 9.84 Å². The lowest BCUT2D eigenvalue weighted by Gasteiger charge is -2.06. The van der Waals surface area contributed by atoms with E-state index in [1.54, 1.807) is 6.07 Å². The second-order valence-electron chi connectivity index (χ2n) is 4.34. The van der Waals surface area contributed by atoms with E-state index in [1.807, 2.05) is 0 Å². The fourth-order valence-electron chi connectivity index (χ4n) is 1.77. The molecule has 0 saturated heterocycles. The minimum absolute atomic E-state index is 0.0387. The maximum atomic E-state index is 12.3. The Morgan fingerprint density at radius 3 is 2.38 bits per heavy atom. The summed E-state index contributed by atoms with van der Waals surface area (Å²) in [6.45, 7) is 0. The Labute approximate surface area is 131 Å². The maximum Gasteiger partial charge on any atom is 0.335 e. The van der Waals surface area contributed by atoms with Crippen LogP contribution in [0.15, 0.2) is 47.4 Å². The van der Waals surface area contributed by atoms with Crippen LogP contribution in [0.3, 0.4) is 0 Å². The molecule has 0 aliphatic rings. The van der Waals surface area contributed by atoms with E-state index in [2.05, 4.69) is 0 Å². The SMILES string of the molecule is O=C(O)c1cccc(CS(=O)(=O)c2ccc(Cl)c(Cl)c2)c1. The van der Waals surface area contributed by atoms with Crippen molar-refractivity contribution in [2.45, 2.75) is 10.6 Å². The maximum absolute atomic E-state index is 12.3. The number of carboxylic acid groups (broad SMARTS) is 1. The topological polar surface area (TPSA) is 71.4 Å². The van der Waals surface area contributed by atoms with E-state index in [4.69, 9.17) is 28.3 Å². The predicted molar refractivity (Wildman–Crippen MR) is 80.8 cm³/mol. The van der Waals surface area contributed by atoms with E-state index < -0.39 is 15.8 Å². The number of carboxylic acids is 1.